The van der Waals surface area contributed by atoms with Crippen molar-refractivity contribution in [2.75, 3.05) is 18.4 Å². The zero-order valence-corrected chi connectivity index (χ0v) is 12.3. The zero-order valence-electron chi connectivity index (χ0n) is 12.3. The van der Waals surface area contributed by atoms with Crippen LogP contribution in [-0.4, -0.2) is 41.1 Å². The molecule has 0 bridgehead atoms. The molecule has 0 saturated carbocycles. The fourth-order valence-corrected chi connectivity index (χ4v) is 1.93. The van der Waals surface area contributed by atoms with Gasteiger partial charge in [-0.05, 0) is 39.0 Å². The highest BCUT2D eigenvalue weighted by molar-refractivity contribution is 5.90. The minimum atomic E-state index is -0.427. The zero-order chi connectivity index (χ0) is 15.1. The molecule has 0 aliphatic heterocycles. The fraction of sp³-hybridized carbons (Fsp3) is 0.533. The van der Waals surface area contributed by atoms with Crippen LogP contribution in [0.3, 0.4) is 0 Å². The predicted octanol–water partition coefficient (Wildman–Crippen LogP) is 2.25. The van der Waals surface area contributed by atoms with Crippen molar-refractivity contribution >= 4 is 11.6 Å². The van der Waals surface area contributed by atoms with E-state index >= 15 is 0 Å². The second-order valence-corrected chi connectivity index (χ2v) is 5.25. The maximum absolute atomic E-state index is 13.0. The molecule has 1 aromatic rings. The van der Waals surface area contributed by atoms with Gasteiger partial charge in [0.05, 0.1) is 6.10 Å². The summed E-state index contributed by atoms with van der Waals surface area (Å²) in [5.41, 5.74) is 0.460. The summed E-state index contributed by atoms with van der Waals surface area (Å²) in [6.07, 6.45) is -0.120. The van der Waals surface area contributed by atoms with Crippen LogP contribution in [0.4, 0.5) is 10.1 Å². The Bertz CT molecular complexity index is 436. The minimum absolute atomic E-state index is 0.160. The van der Waals surface area contributed by atoms with Gasteiger partial charge in [0.1, 0.15) is 5.82 Å². The number of nitrogens with zero attached hydrogens (tertiary/aromatic N) is 1. The number of halogens is 1. The maximum atomic E-state index is 13.0. The van der Waals surface area contributed by atoms with Crippen LogP contribution >= 0.6 is 0 Å². The standard InChI is InChI=1S/C15H23FN2O2/c1-11(2)18(10-12(3)19)8-7-15(20)17-14-6-4-5-13(16)9-14/h4-6,9,11-12,19H,7-8,10H2,1-3H3,(H,17,20). The first-order valence-electron chi connectivity index (χ1n) is 6.86. The number of benzene rings is 1. The molecule has 112 valence electrons. The summed E-state index contributed by atoms with van der Waals surface area (Å²) in [5, 5.41) is 12.1. The molecule has 0 aromatic heterocycles. The lowest BCUT2D eigenvalue weighted by Crippen LogP contribution is -2.38. The van der Waals surface area contributed by atoms with Crippen LogP contribution in [0.2, 0.25) is 0 Å². The van der Waals surface area contributed by atoms with E-state index in [1.807, 2.05) is 18.7 Å². The lowest BCUT2D eigenvalue weighted by molar-refractivity contribution is -0.116. The first-order chi connectivity index (χ1) is 9.38. The van der Waals surface area contributed by atoms with Crippen molar-refractivity contribution in [1.82, 2.24) is 4.90 Å². The molecular formula is C15H23FN2O2. The smallest absolute Gasteiger partial charge is 0.225 e. The Morgan fingerprint density at radius 1 is 1.40 bits per heavy atom. The summed E-state index contributed by atoms with van der Waals surface area (Å²) in [6, 6.07) is 6.08. The van der Waals surface area contributed by atoms with E-state index in [4.69, 9.17) is 0 Å². The van der Waals surface area contributed by atoms with Gasteiger partial charge in [-0.1, -0.05) is 6.07 Å². The molecule has 0 aliphatic rings. The van der Waals surface area contributed by atoms with Crippen molar-refractivity contribution in [3.63, 3.8) is 0 Å². The summed E-state index contributed by atoms with van der Waals surface area (Å²) in [4.78, 5) is 13.9. The Balaban J connectivity index is 2.45. The first-order valence-corrected chi connectivity index (χ1v) is 6.86. The van der Waals surface area contributed by atoms with Crippen molar-refractivity contribution in [2.45, 2.75) is 39.3 Å². The number of hydrogen-bond donors (Lipinski definition) is 2. The van der Waals surface area contributed by atoms with Crippen LogP contribution in [0.1, 0.15) is 27.2 Å². The van der Waals surface area contributed by atoms with Crippen LogP contribution in [-0.2, 0) is 4.79 Å². The molecule has 0 radical (unpaired) electrons. The van der Waals surface area contributed by atoms with Crippen LogP contribution in [0, 0.1) is 5.82 Å². The number of aliphatic hydroxyl groups is 1. The number of nitrogens with one attached hydrogen (secondary N) is 1. The Morgan fingerprint density at radius 2 is 2.10 bits per heavy atom. The predicted molar refractivity (Wildman–Crippen MR) is 78.0 cm³/mol. The van der Waals surface area contributed by atoms with Crippen LogP contribution in [0.5, 0.6) is 0 Å². The summed E-state index contributed by atoms with van der Waals surface area (Å²) >= 11 is 0. The van der Waals surface area contributed by atoms with E-state index in [1.165, 1.54) is 12.1 Å². The molecule has 1 unspecified atom stereocenters. The third kappa shape index (κ3) is 6.12. The third-order valence-corrected chi connectivity index (χ3v) is 2.96. The third-order valence-electron chi connectivity index (χ3n) is 2.96. The highest BCUT2D eigenvalue weighted by atomic mass is 19.1. The molecular weight excluding hydrogens is 259 g/mol. The number of aliphatic hydroxyl groups excluding tert-OH is 1. The van der Waals surface area contributed by atoms with Gasteiger partial charge in [0.25, 0.3) is 0 Å². The van der Waals surface area contributed by atoms with Crippen LogP contribution in [0.25, 0.3) is 0 Å². The lowest BCUT2D eigenvalue weighted by Gasteiger charge is -2.27. The largest absolute Gasteiger partial charge is 0.392 e. The molecule has 0 saturated heterocycles. The number of amides is 1. The SMILES string of the molecule is CC(O)CN(CCC(=O)Nc1cccc(F)c1)C(C)C. The average molecular weight is 282 g/mol. The highest BCUT2D eigenvalue weighted by Crippen LogP contribution is 2.10. The quantitative estimate of drug-likeness (QED) is 0.806. The Kier molecular flexibility index (Phi) is 6.61. The Hall–Kier alpha value is -1.46. The molecule has 0 spiro atoms. The number of rotatable bonds is 7. The van der Waals surface area contributed by atoms with E-state index in [0.717, 1.165) is 0 Å². The van der Waals surface area contributed by atoms with Gasteiger partial charge in [0.2, 0.25) is 5.91 Å². The van der Waals surface area contributed by atoms with E-state index < -0.39 is 6.10 Å². The molecule has 1 amide bonds. The maximum Gasteiger partial charge on any atom is 0.225 e. The minimum Gasteiger partial charge on any atom is -0.392 e. The second-order valence-electron chi connectivity index (χ2n) is 5.25. The van der Waals surface area contributed by atoms with Crippen LogP contribution in [0.15, 0.2) is 24.3 Å². The van der Waals surface area contributed by atoms with E-state index in [1.54, 1.807) is 19.1 Å². The molecule has 5 heteroatoms. The monoisotopic (exact) mass is 282 g/mol. The average Bonchev–Trinajstić information content (AvgIpc) is 2.33. The first kappa shape index (κ1) is 16.6. The van der Waals surface area contributed by atoms with Gasteiger partial charge in [-0.15, -0.1) is 0 Å². The highest BCUT2D eigenvalue weighted by Gasteiger charge is 2.13. The summed E-state index contributed by atoms with van der Waals surface area (Å²) < 4.78 is 13.0. The van der Waals surface area contributed by atoms with Gasteiger partial charge < -0.3 is 10.4 Å². The number of carbonyl (C=O) groups excluding carboxylic acids is 1. The van der Waals surface area contributed by atoms with Gasteiger partial charge in [0, 0.05) is 31.2 Å². The van der Waals surface area contributed by atoms with E-state index in [2.05, 4.69) is 5.32 Å². The number of hydrogen-bond acceptors (Lipinski definition) is 3. The van der Waals surface area contributed by atoms with Crippen molar-refractivity contribution < 1.29 is 14.3 Å². The molecule has 0 aliphatic carbocycles. The van der Waals surface area contributed by atoms with Crippen molar-refractivity contribution in [3.05, 3.63) is 30.1 Å². The van der Waals surface area contributed by atoms with Gasteiger partial charge >= 0.3 is 0 Å². The van der Waals surface area contributed by atoms with Crippen molar-refractivity contribution in [2.24, 2.45) is 0 Å². The molecule has 20 heavy (non-hydrogen) atoms. The second kappa shape index (κ2) is 7.97. The molecule has 1 aromatic carbocycles. The molecule has 1 atom stereocenters. The normalized spacial score (nSPS) is 12.8. The van der Waals surface area contributed by atoms with E-state index in [0.29, 0.717) is 25.2 Å². The molecule has 0 heterocycles. The van der Waals surface area contributed by atoms with Crippen molar-refractivity contribution in [3.8, 4) is 0 Å². The number of carbonyl (C=O) groups is 1. The van der Waals surface area contributed by atoms with Gasteiger partial charge in [0.15, 0.2) is 0 Å². The molecule has 2 N–H and O–H groups in total. The van der Waals surface area contributed by atoms with Gasteiger partial charge in [-0.3, -0.25) is 9.69 Å². The lowest BCUT2D eigenvalue weighted by atomic mass is 10.2. The fourth-order valence-electron chi connectivity index (χ4n) is 1.93. The van der Waals surface area contributed by atoms with Crippen molar-refractivity contribution in [1.29, 1.82) is 0 Å². The van der Waals surface area contributed by atoms with Gasteiger partial charge in [-0.2, -0.15) is 0 Å². The molecule has 1 rings (SSSR count). The summed E-state index contributed by atoms with van der Waals surface area (Å²) in [7, 11) is 0. The van der Waals surface area contributed by atoms with Gasteiger partial charge in [-0.25, -0.2) is 4.39 Å². The van der Waals surface area contributed by atoms with E-state index in [-0.39, 0.29) is 17.8 Å². The Morgan fingerprint density at radius 3 is 2.65 bits per heavy atom. The van der Waals surface area contributed by atoms with Crippen LogP contribution < -0.4 is 5.32 Å². The number of anilines is 1. The van der Waals surface area contributed by atoms with E-state index in [9.17, 15) is 14.3 Å². The Labute approximate surface area is 119 Å². The molecule has 0 fully saturated rings. The summed E-state index contributed by atoms with van der Waals surface area (Å²) in [5.74, 6) is -0.535. The summed E-state index contributed by atoms with van der Waals surface area (Å²) in [6.45, 7) is 6.86. The molecule has 4 nitrogen and oxygen atoms in total. The topological polar surface area (TPSA) is 52.6 Å².